The molecule has 0 heterocycles. The first kappa shape index (κ1) is 17.7. The van der Waals surface area contributed by atoms with E-state index in [-0.39, 0.29) is 6.54 Å². The number of carbonyl (C=O) groups excluding carboxylic acids is 2. The first-order chi connectivity index (χ1) is 11.6. The maximum absolute atomic E-state index is 11.9. The van der Waals surface area contributed by atoms with E-state index in [0.29, 0.717) is 12.1 Å². The lowest BCUT2D eigenvalue weighted by Gasteiger charge is -2.13. The molecule has 1 atom stereocenters. The number of aliphatic hydroxyl groups excluding tert-OH is 1. The molecule has 3 N–H and O–H groups in total. The lowest BCUT2D eigenvalue weighted by Crippen LogP contribution is -2.40. The molecular formula is C19H22N2O3. The van der Waals surface area contributed by atoms with Gasteiger partial charge in [0.15, 0.2) is 0 Å². The van der Waals surface area contributed by atoms with Gasteiger partial charge < -0.3 is 15.7 Å². The van der Waals surface area contributed by atoms with Crippen LogP contribution in [-0.2, 0) is 22.4 Å². The maximum Gasteiger partial charge on any atom is 0.313 e. The van der Waals surface area contributed by atoms with Crippen molar-refractivity contribution >= 4 is 17.5 Å². The monoisotopic (exact) mass is 326 g/mol. The third kappa shape index (κ3) is 5.21. The van der Waals surface area contributed by atoms with Gasteiger partial charge >= 0.3 is 11.8 Å². The van der Waals surface area contributed by atoms with E-state index in [9.17, 15) is 14.7 Å². The second-order valence-corrected chi connectivity index (χ2v) is 5.52. The van der Waals surface area contributed by atoms with Crippen molar-refractivity contribution in [2.75, 3.05) is 11.9 Å². The average Bonchev–Trinajstić information content (AvgIpc) is 2.61. The van der Waals surface area contributed by atoms with E-state index in [1.54, 1.807) is 12.1 Å². The van der Waals surface area contributed by atoms with Crippen LogP contribution in [0.2, 0.25) is 0 Å². The van der Waals surface area contributed by atoms with Gasteiger partial charge in [0.1, 0.15) is 0 Å². The lowest BCUT2D eigenvalue weighted by molar-refractivity contribution is -0.136. The van der Waals surface area contributed by atoms with Gasteiger partial charge in [0.05, 0.1) is 6.10 Å². The molecule has 0 radical (unpaired) electrons. The summed E-state index contributed by atoms with van der Waals surface area (Å²) in [6, 6.07) is 16.8. The molecule has 0 fully saturated rings. The Kier molecular flexibility index (Phi) is 6.51. The average molecular weight is 326 g/mol. The van der Waals surface area contributed by atoms with Crippen LogP contribution in [0.4, 0.5) is 5.69 Å². The number of benzene rings is 2. The van der Waals surface area contributed by atoms with Crippen LogP contribution in [0.25, 0.3) is 0 Å². The number of aryl methyl sites for hydroxylation is 1. The van der Waals surface area contributed by atoms with Gasteiger partial charge in [-0.15, -0.1) is 0 Å². The number of carbonyl (C=O) groups is 2. The van der Waals surface area contributed by atoms with Crippen molar-refractivity contribution in [3.63, 3.8) is 0 Å². The van der Waals surface area contributed by atoms with Gasteiger partial charge in [-0.05, 0) is 23.6 Å². The van der Waals surface area contributed by atoms with Crippen molar-refractivity contribution in [3.05, 3.63) is 65.7 Å². The third-order valence-corrected chi connectivity index (χ3v) is 3.67. The van der Waals surface area contributed by atoms with E-state index in [2.05, 4.69) is 10.6 Å². The van der Waals surface area contributed by atoms with Gasteiger partial charge in [-0.25, -0.2) is 0 Å². The Balaban J connectivity index is 1.82. The second kappa shape index (κ2) is 8.84. The Morgan fingerprint density at radius 2 is 1.67 bits per heavy atom. The molecule has 2 rings (SSSR count). The summed E-state index contributed by atoms with van der Waals surface area (Å²) in [6.07, 6.45) is 0.432. The summed E-state index contributed by atoms with van der Waals surface area (Å²) in [5.74, 6) is -1.49. The molecule has 2 aromatic rings. The van der Waals surface area contributed by atoms with E-state index >= 15 is 0 Å². The molecular weight excluding hydrogens is 304 g/mol. The maximum atomic E-state index is 11.9. The van der Waals surface area contributed by atoms with Crippen molar-refractivity contribution < 1.29 is 14.7 Å². The van der Waals surface area contributed by atoms with Gasteiger partial charge in [-0.1, -0.05) is 55.5 Å². The first-order valence-electron chi connectivity index (χ1n) is 7.99. The standard InChI is InChI=1S/C19H22N2O3/c1-2-15-10-6-7-11-17(15)21-19(24)18(23)20-13-16(22)12-14-8-4-3-5-9-14/h3-11,16,22H,2,12-13H2,1H3,(H,20,23)(H,21,24). The topological polar surface area (TPSA) is 78.4 Å². The molecule has 0 saturated carbocycles. The number of hydrogen-bond donors (Lipinski definition) is 3. The van der Waals surface area contributed by atoms with Crippen LogP contribution in [-0.4, -0.2) is 29.6 Å². The predicted octanol–water partition coefficient (Wildman–Crippen LogP) is 1.91. The van der Waals surface area contributed by atoms with Crippen LogP contribution in [0.5, 0.6) is 0 Å². The highest BCUT2D eigenvalue weighted by Gasteiger charge is 2.16. The molecule has 126 valence electrons. The fourth-order valence-electron chi connectivity index (χ4n) is 2.38. The van der Waals surface area contributed by atoms with Crippen molar-refractivity contribution in [1.82, 2.24) is 5.32 Å². The minimum absolute atomic E-state index is 0.0244. The summed E-state index contributed by atoms with van der Waals surface area (Å²) in [5, 5.41) is 15.0. The molecule has 2 amide bonds. The van der Waals surface area contributed by atoms with E-state index in [1.807, 2.05) is 49.4 Å². The molecule has 2 aromatic carbocycles. The molecule has 5 heteroatoms. The highest BCUT2D eigenvalue weighted by atomic mass is 16.3. The molecule has 0 aromatic heterocycles. The second-order valence-electron chi connectivity index (χ2n) is 5.52. The first-order valence-corrected chi connectivity index (χ1v) is 7.99. The van der Waals surface area contributed by atoms with Crippen molar-refractivity contribution in [2.45, 2.75) is 25.9 Å². The molecule has 0 aliphatic carbocycles. The summed E-state index contributed by atoms with van der Waals surface area (Å²) in [6.45, 7) is 2.00. The van der Waals surface area contributed by atoms with Crippen molar-refractivity contribution in [1.29, 1.82) is 0 Å². The molecule has 1 unspecified atom stereocenters. The molecule has 0 saturated heterocycles. The van der Waals surface area contributed by atoms with E-state index in [1.165, 1.54) is 0 Å². The summed E-state index contributed by atoms with van der Waals surface area (Å²) in [4.78, 5) is 23.8. The summed E-state index contributed by atoms with van der Waals surface area (Å²) in [5.41, 5.74) is 2.56. The summed E-state index contributed by atoms with van der Waals surface area (Å²) < 4.78 is 0. The van der Waals surface area contributed by atoms with Crippen LogP contribution in [0.15, 0.2) is 54.6 Å². The van der Waals surface area contributed by atoms with Crippen molar-refractivity contribution in [2.24, 2.45) is 0 Å². The minimum Gasteiger partial charge on any atom is -0.391 e. The zero-order chi connectivity index (χ0) is 17.4. The normalized spacial score (nSPS) is 11.6. The Labute approximate surface area is 141 Å². The van der Waals surface area contributed by atoms with Gasteiger partial charge in [0.25, 0.3) is 0 Å². The van der Waals surface area contributed by atoms with E-state index in [4.69, 9.17) is 0 Å². The Hall–Kier alpha value is -2.66. The molecule has 0 aliphatic heterocycles. The minimum atomic E-state index is -0.756. The summed E-state index contributed by atoms with van der Waals surface area (Å²) in [7, 11) is 0. The smallest absolute Gasteiger partial charge is 0.313 e. The highest BCUT2D eigenvalue weighted by Crippen LogP contribution is 2.15. The Bertz CT molecular complexity index is 686. The van der Waals surface area contributed by atoms with Gasteiger partial charge in [-0.2, -0.15) is 0 Å². The fraction of sp³-hybridized carbons (Fsp3) is 0.263. The number of para-hydroxylation sites is 1. The number of rotatable bonds is 6. The van der Waals surface area contributed by atoms with Gasteiger partial charge in [-0.3, -0.25) is 9.59 Å². The lowest BCUT2D eigenvalue weighted by atomic mass is 10.1. The third-order valence-electron chi connectivity index (χ3n) is 3.67. The predicted molar refractivity (Wildman–Crippen MR) is 93.6 cm³/mol. The summed E-state index contributed by atoms with van der Waals surface area (Å²) >= 11 is 0. The Morgan fingerprint density at radius 1 is 1.00 bits per heavy atom. The number of anilines is 1. The molecule has 0 spiro atoms. The molecule has 0 bridgehead atoms. The van der Waals surface area contributed by atoms with E-state index < -0.39 is 17.9 Å². The highest BCUT2D eigenvalue weighted by molar-refractivity contribution is 6.39. The number of amides is 2. The van der Waals surface area contributed by atoms with Crippen LogP contribution in [0.3, 0.4) is 0 Å². The van der Waals surface area contributed by atoms with Crippen LogP contribution in [0.1, 0.15) is 18.1 Å². The van der Waals surface area contributed by atoms with Gasteiger partial charge in [0, 0.05) is 18.7 Å². The number of nitrogens with one attached hydrogen (secondary N) is 2. The fourth-order valence-corrected chi connectivity index (χ4v) is 2.38. The van der Waals surface area contributed by atoms with E-state index in [0.717, 1.165) is 17.5 Å². The van der Waals surface area contributed by atoms with Crippen LogP contribution < -0.4 is 10.6 Å². The van der Waals surface area contributed by atoms with Gasteiger partial charge in [0.2, 0.25) is 0 Å². The largest absolute Gasteiger partial charge is 0.391 e. The Morgan fingerprint density at radius 3 is 2.38 bits per heavy atom. The number of hydrogen-bond acceptors (Lipinski definition) is 3. The number of aliphatic hydroxyl groups is 1. The zero-order valence-electron chi connectivity index (χ0n) is 13.7. The van der Waals surface area contributed by atoms with Crippen LogP contribution in [0, 0.1) is 0 Å². The zero-order valence-corrected chi connectivity index (χ0v) is 13.7. The SMILES string of the molecule is CCc1ccccc1NC(=O)C(=O)NCC(O)Cc1ccccc1. The van der Waals surface area contributed by atoms with Crippen molar-refractivity contribution in [3.8, 4) is 0 Å². The molecule has 5 nitrogen and oxygen atoms in total. The quantitative estimate of drug-likeness (QED) is 0.710. The molecule has 0 aliphatic rings. The molecule has 24 heavy (non-hydrogen) atoms. The van der Waals surface area contributed by atoms with Crippen LogP contribution >= 0.6 is 0 Å².